The molecule has 3 heterocycles. The van der Waals surface area contributed by atoms with Crippen molar-refractivity contribution >= 4 is 22.9 Å². The van der Waals surface area contributed by atoms with Crippen LogP contribution in [0.4, 0.5) is 11.4 Å². The molecular weight excluding hydrogens is 374 g/mol. The molecule has 29 heavy (non-hydrogen) atoms. The third-order valence-electron chi connectivity index (χ3n) is 4.61. The Morgan fingerprint density at radius 1 is 1.24 bits per heavy atom. The third-order valence-corrected chi connectivity index (χ3v) is 4.61. The molecule has 1 aromatic carbocycles. The molecule has 0 unspecified atom stereocenters. The van der Waals surface area contributed by atoms with Crippen LogP contribution < -0.4 is 5.32 Å². The number of carbonyl (C=O) groups excluding carboxylic acids is 1. The monoisotopic (exact) mass is 391 g/mol. The topological polar surface area (TPSA) is 120 Å². The van der Waals surface area contributed by atoms with Crippen molar-refractivity contribution in [2.75, 3.05) is 5.32 Å². The Balaban J connectivity index is 1.66. The first-order chi connectivity index (χ1) is 14.0. The Bertz CT molecular complexity index is 1220. The zero-order valence-electron chi connectivity index (χ0n) is 15.7. The van der Waals surface area contributed by atoms with Crippen molar-refractivity contribution in [2.24, 2.45) is 0 Å². The van der Waals surface area contributed by atoms with Crippen LogP contribution in [-0.4, -0.2) is 35.2 Å². The maximum atomic E-state index is 12.6. The second kappa shape index (κ2) is 7.15. The van der Waals surface area contributed by atoms with E-state index in [4.69, 9.17) is 0 Å². The number of nitrogens with one attached hydrogen (secondary N) is 1. The van der Waals surface area contributed by atoms with Crippen LogP contribution in [0.15, 0.2) is 48.8 Å². The van der Waals surface area contributed by atoms with Gasteiger partial charge in [-0.3, -0.25) is 19.6 Å². The van der Waals surface area contributed by atoms with E-state index < -0.39 is 10.8 Å². The minimum Gasteiger partial charge on any atom is -0.321 e. The molecule has 146 valence electrons. The molecule has 0 bridgehead atoms. The SMILES string of the molecule is CCn1ncc(-c2ccnc3cc(C(=O)Nc4ccc([N+](=O)[O-])cc4)nn23)c1C. The van der Waals surface area contributed by atoms with E-state index in [0.717, 1.165) is 23.5 Å². The maximum absolute atomic E-state index is 12.6. The molecule has 0 radical (unpaired) electrons. The molecule has 1 amide bonds. The van der Waals surface area contributed by atoms with Gasteiger partial charge in [0, 0.05) is 47.9 Å². The first-order valence-electron chi connectivity index (χ1n) is 8.91. The second-order valence-electron chi connectivity index (χ2n) is 6.35. The highest BCUT2D eigenvalue weighted by Gasteiger charge is 2.17. The molecule has 0 aliphatic carbocycles. The summed E-state index contributed by atoms with van der Waals surface area (Å²) in [6, 6.07) is 9.00. The Morgan fingerprint density at radius 2 is 2.00 bits per heavy atom. The zero-order chi connectivity index (χ0) is 20.5. The molecule has 4 aromatic rings. The minimum atomic E-state index is -0.496. The zero-order valence-corrected chi connectivity index (χ0v) is 15.7. The molecule has 0 aliphatic heterocycles. The summed E-state index contributed by atoms with van der Waals surface area (Å²) in [5, 5.41) is 22.2. The molecule has 0 saturated heterocycles. The summed E-state index contributed by atoms with van der Waals surface area (Å²) in [5.74, 6) is -0.434. The number of amides is 1. The number of carbonyl (C=O) groups is 1. The lowest BCUT2D eigenvalue weighted by Crippen LogP contribution is -2.12. The van der Waals surface area contributed by atoms with Crippen molar-refractivity contribution in [3.8, 4) is 11.3 Å². The molecule has 0 aliphatic rings. The number of anilines is 1. The van der Waals surface area contributed by atoms with Gasteiger partial charge in [-0.2, -0.15) is 10.2 Å². The number of aryl methyl sites for hydroxylation is 1. The van der Waals surface area contributed by atoms with Gasteiger partial charge >= 0.3 is 0 Å². The van der Waals surface area contributed by atoms with E-state index in [0.29, 0.717) is 11.3 Å². The van der Waals surface area contributed by atoms with Crippen LogP contribution in [0.1, 0.15) is 23.1 Å². The summed E-state index contributed by atoms with van der Waals surface area (Å²) in [4.78, 5) is 27.1. The van der Waals surface area contributed by atoms with E-state index in [1.54, 1.807) is 23.0 Å². The smallest absolute Gasteiger partial charge is 0.276 e. The van der Waals surface area contributed by atoms with E-state index in [1.807, 2.05) is 24.6 Å². The van der Waals surface area contributed by atoms with E-state index >= 15 is 0 Å². The van der Waals surface area contributed by atoms with Gasteiger partial charge in [-0.15, -0.1) is 0 Å². The van der Waals surface area contributed by atoms with Gasteiger partial charge in [-0.05, 0) is 32.0 Å². The first-order valence-corrected chi connectivity index (χ1v) is 8.91. The average Bonchev–Trinajstić information content (AvgIpc) is 3.31. The summed E-state index contributed by atoms with van der Waals surface area (Å²) in [5.41, 5.74) is 3.78. The van der Waals surface area contributed by atoms with Gasteiger partial charge in [0.1, 0.15) is 0 Å². The normalized spacial score (nSPS) is 11.0. The molecule has 0 saturated carbocycles. The highest BCUT2D eigenvalue weighted by molar-refractivity contribution is 6.03. The maximum Gasteiger partial charge on any atom is 0.276 e. The van der Waals surface area contributed by atoms with E-state index in [2.05, 4.69) is 20.5 Å². The first kappa shape index (κ1) is 18.3. The summed E-state index contributed by atoms with van der Waals surface area (Å²) in [6.45, 7) is 4.74. The van der Waals surface area contributed by atoms with Crippen LogP contribution in [0.5, 0.6) is 0 Å². The van der Waals surface area contributed by atoms with E-state index in [9.17, 15) is 14.9 Å². The summed E-state index contributed by atoms with van der Waals surface area (Å²) < 4.78 is 3.49. The van der Waals surface area contributed by atoms with Crippen molar-refractivity contribution in [3.05, 3.63) is 70.3 Å². The van der Waals surface area contributed by atoms with Crippen molar-refractivity contribution in [1.29, 1.82) is 0 Å². The number of fused-ring (bicyclic) bond motifs is 1. The van der Waals surface area contributed by atoms with E-state index in [-0.39, 0.29) is 11.4 Å². The number of rotatable bonds is 5. The Kier molecular flexibility index (Phi) is 4.51. The molecule has 10 nitrogen and oxygen atoms in total. The summed E-state index contributed by atoms with van der Waals surface area (Å²) in [7, 11) is 0. The van der Waals surface area contributed by atoms with Crippen molar-refractivity contribution < 1.29 is 9.72 Å². The van der Waals surface area contributed by atoms with Gasteiger partial charge in [0.15, 0.2) is 11.3 Å². The molecule has 4 rings (SSSR count). The van der Waals surface area contributed by atoms with Gasteiger partial charge < -0.3 is 5.32 Å². The predicted octanol–water partition coefficient (Wildman–Crippen LogP) is 3.08. The summed E-state index contributed by atoms with van der Waals surface area (Å²) in [6.07, 6.45) is 3.43. The molecule has 0 fully saturated rings. The van der Waals surface area contributed by atoms with Crippen LogP contribution in [0.25, 0.3) is 16.9 Å². The van der Waals surface area contributed by atoms with Gasteiger partial charge in [0.25, 0.3) is 11.6 Å². The van der Waals surface area contributed by atoms with Crippen molar-refractivity contribution in [1.82, 2.24) is 24.4 Å². The van der Waals surface area contributed by atoms with Crippen LogP contribution >= 0.6 is 0 Å². The van der Waals surface area contributed by atoms with Crippen LogP contribution in [0.3, 0.4) is 0 Å². The fourth-order valence-corrected chi connectivity index (χ4v) is 3.09. The standard InChI is InChI=1S/C19H17N7O3/c1-3-24-12(2)15(11-21-24)17-8-9-20-18-10-16(23-25(17)18)19(27)22-13-4-6-14(7-5-13)26(28)29/h4-11H,3H2,1-2H3,(H,22,27). The predicted molar refractivity (Wildman–Crippen MR) is 106 cm³/mol. The van der Waals surface area contributed by atoms with Crippen LogP contribution in [0, 0.1) is 17.0 Å². The molecule has 0 atom stereocenters. The van der Waals surface area contributed by atoms with Gasteiger partial charge in [0.05, 0.1) is 16.8 Å². The van der Waals surface area contributed by atoms with Gasteiger partial charge in [-0.1, -0.05) is 0 Å². The van der Waals surface area contributed by atoms with Crippen molar-refractivity contribution in [2.45, 2.75) is 20.4 Å². The second-order valence-corrected chi connectivity index (χ2v) is 6.35. The lowest BCUT2D eigenvalue weighted by Gasteiger charge is -2.05. The fraction of sp³-hybridized carbons (Fsp3) is 0.158. The number of hydrogen-bond donors (Lipinski definition) is 1. The average molecular weight is 391 g/mol. The lowest BCUT2D eigenvalue weighted by atomic mass is 10.2. The number of aromatic nitrogens is 5. The quantitative estimate of drug-likeness (QED) is 0.412. The molecule has 3 aromatic heterocycles. The molecule has 0 spiro atoms. The van der Waals surface area contributed by atoms with Crippen molar-refractivity contribution in [3.63, 3.8) is 0 Å². The number of nitro benzene ring substituents is 1. The van der Waals surface area contributed by atoms with E-state index in [1.165, 1.54) is 24.3 Å². The number of nitro groups is 1. The lowest BCUT2D eigenvalue weighted by molar-refractivity contribution is -0.384. The Morgan fingerprint density at radius 3 is 2.66 bits per heavy atom. The fourth-order valence-electron chi connectivity index (χ4n) is 3.09. The number of non-ortho nitro benzene ring substituents is 1. The molecular formula is C19H17N7O3. The van der Waals surface area contributed by atoms with Gasteiger partial charge in [-0.25, -0.2) is 9.50 Å². The molecule has 1 N–H and O–H groups in total. The minimum absolute atomic E-state index is 0.0485. The molecule has 10 heteroatoms. The largest absolute Gasteiger partial charge is 0.321 e. The third kappa shape index (κ3) is 3.31. The number of benzene rings is 1. The van der Waals surface area contributed by atoms with Gasteiger partial charge in [0.2, 0.25) is 0 Å². The number of hydrogen-bond acceptors (Lipinski definition) is 6. The highest BCUT2D eigenvalue weighted by Crippen LogP contribution is 2.24. The summed E-state index contributed by atoms with van der Waals surface area (Å²) >= 11 is 0. The Hall–Kier alpha value is -4.08. The Labute approximate surface area is 165 Å². The highest BCUT2D eigenvalue weighted by atomic mass is 16.6. The van der Waals surface area contributed by atoms with Crippen LogP contribution in [-0.2, 0) is 6.54 Å². The number of nitrogens with zero attached hydrogens (tertiary/aromatic N) is 6. The van der Waals surface area contributed by atoms with Crippen LogP contribution in [0.2, 0.25) is 0 Å².